The van der Waals surface area contributed by atoms with E-state index in [1.165, 1.54) is 48.5 Å². The van der Waals surface area contributed by atoms with Crippen LogP contribution in [0.25, 0.3) is 34.0 Å². The monoisotopic (exact) mass is 493 g/mol. The average molecular weight is 493 g/mol. The van der Waals surface area contributed by atoms with Crippen LogP contribution >= 0.6 is 0 Å². The minimum atomic E-state index is -4.37. The summed E-state index contributed by atoms with van der Waals surface area (Å²) in [6, 6.07) is 15.8. The smallest absolute Gasteiger partial charge is 0.282 e. The third kappa shape index (κ3) is 5.68. The van der Waals surface area contributed by atoms with Gasteiger partial charge in [-0.25, -0.2) is 4.98 Å². The second-order valence-corrected chi connectivity index (χ2v) is 9.39. The number of aromatic nitrogens is 4. The standard InChI is InChI=1S/C20H14N4O6S2.Na/c25-31(26,27)15-8-4-13(5-9-15)18-19(14-6-10-16(11-7-14)32(28,29)30)23-24-20(22-18)17-3-1-2-12-21-17;/h1-12H,(H,25,26,27)(H,28,29,30);. The summed E-state index contributed by atoms with van der Waals surface area (Å²) in [6.45, 7) is 0. The number of benzene rings is 2. The van der Waals surface area contributed by atoms with Crippen molar-refractivity contribution < 1.29 is 25.9 Å². The molecule has 2 aromatic heterocycles. The van der Waals surface area contributed by atoms with Crippen LogP contribution in [0.3, 0.4) is 0 Å². The van der Waals surface area contributed by atoms with Crippen LogP contribution in [-0.2, 0) is 20.2 Å². The minimum Gasteiger partial charge on any atom is -0.282 e. The molecule has 2 aromatic carbocycles. The Balaban J connectivity index is 0.00000306. The van der Waals surface area contributed by atoms with Crippen LogP contribution in [0.15, 0.2) is 82.7 Å². The summed E-state index contributed by atoms with van der Waals surface area (Å²) in [6.07, 6.45) is 1.57. The van der Waals surface area contributed by atoms with Crippen LogP contribution in [0.1, 0.15) is 0 Å². The van der Waals surface area contributed by atoms with Gasteiger partial charge in [0.2, 0.25) is 5.82 Å². The maximum Gasteiger partial charge on any atom is 0.294 e. The van der Waals surface area contributed by atoms with Gasteiger partial charge >= 0.3 is 0 Å². The van der Waals surface area contributed by atoms with Crippen molar-refractivity contribution in [2.45, 2.75) is 9.79 Å². The van der Waals surface area contributed by atoms with E-state index >= 15 is 0 Å². The fourth-order valence-corrected chi connectivity index (χ4v) is 3.85. The molecular formula is C20H14N4NaO6S2. The Labute approximate surface area is 211 Å². The van der Waals surface area contributed by atoms with Crippen molar-refractivity contribution >= 4 is 49.8 Å². The van der Waals surface area contributed by atoms with Gasteiger partial charge in [-0.05, 0) is 36.4 Å². The van der Waals surface area contributed by atoms with Gasteiger partial charge in [0, 0.05) is 46.9 Å². The molecule has 0 bridgehead atoms. The summed E-state index contributed by atoms with van der Waals surface area (Å²) in [5.74, 6) is 0.220. The molecule has 0 saturated carbocycles. The Morgan fingerprint density at radius 1 is 0.636 bits per heavy atom. The molecule has 0 aliphatic rings. The van der Waals surface area contributed by atoms with Crippen molar-refractivity contribution in [3.05, 3.63) is 72.9 Å². The molecule has 0 atom stereocenters. The molecule has 0 aliphatic heterocycles. The molecule has 10 nitrogen and oxygen atoms in total. The van der Waals surface area contributed by atoms with E-state index in [9.17, 15) is 25.9 Å². The predicted molar refractivity (Wildman–Crippen MR) is 119 cm³/mol. The fourth-order valence-electron chi connectivity index (χ4n) is 2.89. The topological polar surface area (TPSA) is 160 Å². The van der Waals surface area contributed by atoms with Gasteiger partial charge in [-0.2, -0.15) is 16.8 Å². The van der Waals surface area contributed by atoms with E-state index in [0.29, 0.717) is 22.5 Å². The molecule has 13 heteroatoms. The summed E-state index contributed by atoms with van der Waals surface area (Å²) in [5.41, 5.74) is 1.99. The van der Waals surface area contributed by atoms with E-state index in [2.05, 4.69) is 20.2 Å². The van der Waals surface area contributed by atoms with Crippen LogP contribution in [0.2, 0.25) is 0 Å². The van der Waals surface area contributed by atoms with Gasteiger partial charge in [0.25, 0.3) is 20.2 Å². The molecule has 0 unspecified atom stereocenters. The van der Waals surface area contributed by atoms with Gasteiger partial charge in [0.15, 0.2) is 0 Å². The van der Waals surface area contributed by atoms with Crippen LogP contribution in [-0.4, -0.2) is 75.7 Å². The van der Waals surface area contributed by atoms with E-state index in [1.54, 1.807) is 24.4 Å². The Morgan fingerprint density at radius 2 is 1.15 bits per heavy atom. The maximum atomic E-state index is 11.4. The van der Waals surface area contributed by atoms with Crippen molar-refractivity contribution in [1.82, 2.24) is 20.2 Å². The SMILES string of the molecule is O=S(=O)(O)c1ccc(-c2nnc(-c3ccccn3)nc2-c2ccc(S(=O)(=O)O)cc2)cc1.[Na]. The molecule has 0 aliphatic carbocycles. The van der Waals surface area contributed by atoms with Crippen LogP contribution in [0.4, 0.5) is 0 Å². The van der Waals surface area contributed by atoms with Gasteiger partial charge in [0.05, 0.1) is 9.79 Å². The van der Waals surface area contributed by atoms with Crippen molar-refractivity contribution in [2.24, 2.45) is 0 Å². The summed E-state index contributed by atoms with van der Waals surface area (Å²) in [5, 5.41) is 8.34. The molecule has 0 spiro atoms. The molecule has 2 heterocycles. The number of pyridine rings is 1. The molecule has 0 fully saturated rings. The zero-order valence-corrected chi connectivity index (χ0v) is 20.7. The molecule has 2 N–H and O–H groups in total. The van der Waals surface area contributed by atoms with Crippen molar-refractivity contribution in [2.75, 3.05) is 0 Å². The maximum absolute atomic E-state index is 11.4. The molecule has 4 aromatic rings. The summed E-state index contributed by atoms with van der Waals surface area (Å²) >= 11 is 0. The normalized spacial score (nSPS) is 11.6. The zero-order chi connectivity index (χ0) is 22.9. The Bertz CT molecular complexity index is 1500. The van der Waals surface area contributed by atoms with Crippen LogP contribution in [0, 0.1) is 0 Å². The molecule has 33 heavy (non-hydrogen) atoms. The summed E-state index contributed by atoms with van der Waals surface area (Å²) in [4.78, 5) is 8.17. The van der Waals surface area contributed by atoms with E-state index in [-0.39, 0.29) is 50.9 Å². The average Bonchev–Trinajstić information content (AvgIpc) is 2.78. The molecule has 163 valence electrons. The number of nitrogens with zero attached hydrogens (tertiary/aromatic N) is 4. The first-order valence-electron chi connectivity index (χ1n) is 8.95. The molecule has 1 radical (unpaired) electrons. The van der Waals surface area contributed by atoms with E-state index in [0.717, 1.165) is 0 Å². The zero-order valence-electron chi connectivity index (χ0n) is 17.1. The quantitative estimate of drug-likeness (QED) is 0.312. The first-order valence-corrected chi connectivity index (χ1v) is 11.8. The Morgan fingerprint density at radius 3 is 1.61 bits per heavy atom. The first kappa shape index (κ1) is 25.1. The van der Waals surface area contributed by atoms with Gasteiger partial charge in [-0.3, -0.25) is 14.1 Å². The number of hydrogen-bond donors (Lipinski definition) is 2. The largest absolute Gasteiger partial charge is 0.294 e. The predicted octanol–water partition coefficient (Wildman–Crippen LogP) is 2.38. The van der Waals surface area contributed by atoms with Gasteiger partial charge < -0.3 is 0 Å². The Kier molecular flexibility index (Phi) is 7.39. The third-order valence-corrected chi connectivity index (χ3v) is 6.17. The van der Waals surface area contributed by atoms with Crippen LogP contribution in [0.5, 0.6) is 0 Å². The molecule has 0 saturated heterocycles. The van der Waals surface area contributed by atoms with Crippen molar-refractivity contribution in [1.29, 1.82) is 0 Å². The van der Waals surface area contributed by atoms with Gasteiger partial charge in [-0.1, -0.05) is 30.3 Å². The van der Waals surface area contributed by atoms with Crippen molar-refractivity contribution in [3.63, 3.8) is 0 Å². The second kappa shape index (κ2) is 9.73. The van der Waals surface area contributed by atoms with Crippen molar-refractivity contribution in [3.8, 4) is 34.0 Å². The number of rotatable bonds is 5. The van der Waals surface area contributed by atoms with E-state index in [4.69, 9.17) is 0 Å². The second-order valence-electron chi connectivity index (χ2n) is 6.55. The van der Waals surface area contributed by atoms with Crippen LogP contribution < -0.4 is 0 Å². The summed E-state index contributed by atoms with van der Waals surface area (Å²) < 4.78 is 63.8. The Hall–Kier alpha value is -2.58. The molecule has 0 amide bonds. The van der Waals surface area contributed by atoms with E-state index < -0.39 is 20.2 Å². The fraction of sp³-hybridized carbons (Fsp3) is 0. The van der Waals surface area contributed by atoms with Gasteiger partial charge in [0.1, 0.15) is 17.1 Å². The first-order chi connectivity index (χ1) is 15.1. The summed E-state index contributed by atoms with van der Waals surface area (Å²) in [7, 11) is -8.74. The number of hydrogen-bond acceptors (Lipinski definition) is 8. The minimum absolute atomic E-state index is 0. The van der Waals surface area contributed by atoms with E-state index in [1.807, 2.05) is 0 Å². The molecule has 4 rings (SSSR count). The molecular weight excluding hydrogens is 479 g/mol. The third-order valence-electron chi connectivity index (χ3n) is 4.43. The van der Waals surface area contributed by atoms with Gasteiger partial charge in [-0.15, -0.1) is 10.2 Å².